The van der Waals surface area contributed by atoms with E-state index in [2.05, 4.69) is 20.6 Å². The number of benzene rings is 3. The molecule has 0 saturated heterocycles. The van der Waals surface area contributed by atoms with Gasteiger partial charge in [0.05, 0.1) is 41.6 Å². The molecule has 0 fully saturated rings. The van der Waals surface area contributed by atoms with Gasteiger partial charge in [-0.2, -0.15) is 0 Å². The van der Waals surface area contributed by atoms with Gasteiger partial charge >= 0.3 is 0 Å². The summed E-state index contributed by atoms with van der Waals surface area (Å²) in [5.41, 5.74) is 3.44. The minimum absolute atomic E-state index is 0.0819. The van der Waals surface area contributed by atoms with Crippen molar-refractivity contribution in [3.05, 3.63) is 65.2 Å². The Balaban J connectivity index is 1.53. The van der Waals surface area contributed by atoms with Crippen molar-refractivity contribution in [3.63, 3.8) is 0 Å². The van der Waals surface area contributed by atoms with Crippen LogP contribution in [-0.2, 0) is 0 Å². The van der Waals surface area contributed by atoms with Gasteiger partial charge in [0.25, 0.3) is 5.91 Å². The van der Waals surface area contributed by atoms with Crippen LogP contribution in [0.15, 0.2) is 54.6 Å². The topological polar surface area (TPSA) is 97.5 Å². The van der Waals surface area contributed by atoms with Crippen molar-refractivity contribution in [2.24, 2.45) is 0 Å². The van der Waals surface area contributed by atoms with Crippen LogP contribution < -0.4 is 24.8 Å². The quantitative estimate of drug-likeness (QED) is 0.218. The minimum Gasteiger partial charge on any atom is -0.490 e. The van der Waals surface area contributed by atoms with Crippen molar-refractivity contribution in [2.45, 2.75) is 20.8 Å². The highest BCUT2D eigenvalue weighted by Crippen LogP contribution is 2.39. The van der Waals surface area contributed by atoms with E-state index in [4.69, 9.17) is 38.0 Å². The molecule has 0 radical (unpaired) electrons. The number of rotatable bonds is 9. The molecule has 0 bridgehead atoms. The van der Waals surface area contributed by atoms with Gasteiger partial charge in [-0.3, -0.25) is 10.1 Å². The predicted molar refractivity (Wildman–Crippen MR) is 150 cm³/mol. The maximum absolute atomic E-state index is 13.1. The summed E-state index contributed by atoms with van der Waals surface area (Å²) in [5, 5.41) is 6.22. The van der Waals surface area contributed by atoms with Crippen LogP contribution in [0, 0.1) is 0 Å². The van der Waals surface area contributed by atoms with Crippen LogP contribution in [0.4, 0.5) is 5.69 Å². The van der Waals surface area contributed by atoms with Crippen molar-refractivity contribution in [3.8, 4) is 28.6 Å². The first kappa shape index (κ1) is 26.2. The first-order valence-corrected chi connectivity index (χ1v) is 12.7. The zero-order chi connectivity index (χ0) is 26.4. The lowest BCUT2D eigenvalue weighted by Crippen LogP contribution is -2.34. The second kappa shape index (κ2) is 11.9. The van der Waals surface area contributed by atoms with Crippen LogP contribution in [-0.4, -0.2) is 40.8 Å². The molecule has 10 heteroatoms. The summed E-state index contributed by atoms with van der Waals surface area (Å²) in [7, 11) is 0. The maximum atomic E-state index is 13.1. The lowest BCUT2D eigenvalue weighted by Gasteiger charge is -2.17. The fourth-order valence-corrected chi connectivity index (χ4v) is 4.07. The molecule has 0 atom stereocenters. The van der Waals surface area contributed by atoms with Crippen LogP contribution in [0.2, 0.25) is 5.02 Å². The lowest BCUT2D eigenvalue weighted by molar-refractivity contribution is 0.0976. The van der Waals surface area contributed by atoms with E-state index in [-0.39, 0.29) is 5.11 Å². The normalized spacial score (nSPS) is 10.7. The number of nitrogens with one attached hydrogen (secondary N) is 3. The molecule has 192 valence electrons. The Bertz CT molecular complexity index is 1380. The summed E-state index contributed by atoms with van der Waals surface area (Å²) in [6.45, 7) is 6.79. The van der Waals surface area contributed by atoms with Crippen LogP contribution in [0.25, 0.3) is 22.4 Å². The maximum Gasteiger partial charge on any atom is 0.257 e. The van der Waals surface area contributed by atoms with Crippen LogP contribution in [0.1, 0.15) is 31.1 Å². The molecule has 4 aromatic rings. The number of thiocarbonyl (C=S) groups is 1. The number of nitrogens with zero attached hydrogens (tertiary/aromatic N) is 1. The summed E-state index contributed by atoms with van der Waals surface area (Å²) >= 11 is 11.8. The first-order valence-electron chi connectivity index (χ1n) is 11.9. The van der Waals surface area contributed by atoms with Gasteiger partial charge in [-0.15, -0.1) is 0 Å². The highest BCUT2D eigenvalue weighted by atomic mass is 35.5. The fraction of sp³-hybridized carbons (Fsp3) is 0.222. The molecule has 0 aliphatic carbocycles. The zero-order valence-corrected chi connectivity index (χ0v) is 22.3. The summed E-state index contributed by atoms with van der Waals surface area (Å²) in [6, 6.07) is 16.4. The van der Waals surface area contributed by atoms with E-state index in [0.717, 1.165) is 16.6 Å². The van der Waals surface area contributed by atoms with Crippen LogP contribution >= 0.6 is 23.8 Å². The van der Waals surface area contributed by atoms with Gasteiger partial charge in [0, 0.05) is 11.1 Å². The molecular weight excluding hydrogens is 512 g/mol. The molecule has 8 nitrogen and oxygen atoms in total. The molecule has 4 rings (SSSR count). The van der Waals surface area contributed by atoms with E-state index in [9.17, 15) is 4.79 Å². The third-order valence-corrected chi connectivity index (χ3v) is 5.81. The number of amides is 1. The fourth-order valence-electron chi connectivity index (χ4n) is 3.71. The summed E-state index contributed by atoms with van der Waals surface area (Å²) in [4.78, 5) is 21.0. The number of ether oxygens (including phenoxy) is 3. The molecule has 0 unspecified atom stereocenters. The summed E-state index contributed by atoms with van der Waals surface area (Å²) in [6.07, 6.45) is 0. The van der Waals surface area contributed by atoms with Crippen molar-refractivity contribution in [2.75, 3.05) is 25.1 Å². The molecule has 3 N–H and O–H groups in total. The first-order chi connectivity index (χ1) is 17.9. The van der Waals surface area contributed by atoms with E-state index in [0.29, 0.717) is 59.2 Å². The Labute approximate surface area is 225 Å². The van der Waals surface area contributed by atoms with E-state index in [1.54, 1.807) is 18.2 Å². The van der Waals surface area contributed by atoms with Crippen molar-refractivity contribution < 1.29 is 19.0 Å². The van der Waals surface area contributed by atoms with Crippen LogP contribution in [0.5, 0.6) is 17.2 Å². The number of hydrogen-bond acceptors (Lipinski definition) is 6. The monoisotopic (exact) mass is 538 g/mol. The van der Waals surface area contributed by atoms with Crippen molar-refractivity contribution in [1.29, 1.82) is 0 Å². The smallest absolute Gasteiger partial charge is 0.257 e. The average molecular weight is 539 g/mol. The Morgan fingerprint density at radius 2 is 1.65 bits per heavy atom. The molecule has 0 spiro atoms. The molecule has 37 heavy (non-hydrogen) atoms. The number of imidazole rings is 1. The Hall–Kier alpha value is -3.82. The van der Waals surface area contributed by atoms with Gasteiger partial charge in [-0.05, 0) is 75.5 Å². The number of anilines is 1. The number of carbonyl (C=O) groups excluding carboxylic acids is 1. The van der Waals surface area contributed by atoms with Gasteiger partial charge in [0.1, 0.15) is 5.82 Å². The number of aromatic amines is 1. The predicted octanol–water partition coefficient (Wildman–Crippen LogP) is 6.21. The number of aromatic nitrogens is 2. The third kappa shape index (κ3) is 6.12. The Morgan fingerprint density at radius 1 is 0.973 bits per heavy atom. The third-order valence-electron chi connectivity index (χ3n) is 5.28. The summed E-state index contributed by atoms with van der Waals surface area (Å²) < 4.78 is 17.1. The lowest BCUT2D eigenvalue weighted by atomic mass is 10.1. The number of H-pyrrole nitrogens is 1. The summed E-state index contributed by atoms with van der Waals surface area (Å²) in [5.74, 6) is 1.55. The average Bonchev–Trinajstić information content (AvgIpc) is 3.31. The Morgan fingerprint density at radius 3 is 2.30 bits per heavy atom. The standard InChI is InChI=1S/C27H27ClN4O4S/c1-4-34-22-14-17(15-23(35-5-2)24(22)36-6-3)26(33)32-27(37)31-21-13-16(11-12-18(21)28)25-29-19-9-7-8-10-20(19)30-25/h7-15H,4-6H2,1-3H3,(H,29,30)(H2,31,32,33,37). The molecule has 0 aliphatic heterocycles. The van der Waals surface area contributed by atoms with Crippen LogP contribution in [0.3, 0.4) is 0 Å². The van der Waals surface area contributed by atoms with Crippen molar-refractivity contribution >= 4 is 51.6 Å². The van der Waals surface area contributed by atoms with Gasteiger partial charge in [0.15, 0.2) is 16.6 Å². The highest BCUT2D eigenvalue weighted by molar-refractivity contribution is 7.80. The van der Waals surface area contributed by atoms with E-state index in [1.165, 1.54) is 0 Å². The second-order valence-corrected chi connectivity index (χ2v) is 8.62. The molecule has 0 saturated carbocycles. The largest absolute Gasteiger partial charge is 0.490 e. The van der Waals surface area contributed by atoms with E-state index in [1.807, 2.05) is 57.2 Å². The number of carbonyl (C=O) groups is 1. The highest BCUT2D eigenvalue weighted by Gasteiger charge is 2.19. The van der Waals surface area contributed by atoms with Crippen molar-refractivity contribution in [1.82, 2.24) is 15.3 Å². The molecule has 3 aromatic carbocycles. The molecule has 1 amide bonds. The molecular formula is C27H27ClN4O4S. The molecule has 1 heterocycles. The number of para-hydroxylation sites is 2. The van der Waals surface area contributed by atoms with E-state index < -0.39 is 5.91 Å². The minimum atomic E-state index is -0.438. The number of halogens is 1. The van der Waals surface area contributed by atoms with Gasteiger partial charge < -0.3 is 24.5 Å². The van der Waals surface area contributed by atoms with Gasteiger partial charge in [-0.1, -0.05) is 23.7 Å². The zero-order valence-electron chi connectivity index (χ0n) is 20.7. The second-order valence-electron chi connectivity index (χ2n) is 7.81. The Kier molecular flexibility index (Phi) is 8.47. The molecule has 0 aliphatic rings. The number of hydrogen-bond donors (Lipinski definition) is 3. The SMILES string of the molecule is CCOc1cc(C(=O)NC(=S)Nc2cc(-c3nc4ccccc4[nH]3)ccc2Cl)cc(OCC)c1OCC. The molecule has 1 aromatic heterocycles. The number of fused-ring (bicyclic) bond motifs is 1. The van der Waals surface area contributed by atoms with E-state index >= 15 is 0 Å². The van der Waals surface area contributed by atoms with Gasteiger partial charge in [0.2, 0.25) is 5.75 Å². The van der Waals surface area contributed by atoms with Gasteiger partial charge in [-0.25, -0.2) is 4.98 Å².